The summed E-state index contributed by atoms with van der Waals surface area (Å²) in [6.07, 6.45) is 3.92. The van der Waals surface area contributed by atoms with Gasteiger partial charge in [0.25, 0.3) is 11.5 Å². The lowest BCUT2D eigenvalue weighted by atomic mass is 10.2. The molecule has 0 spiro atoms. The smallest absolute Gasteiger partial charge is 0.275 e. The van der Waals surface area contributed by atoms with Crippen LogP contribution in [0, 0.1) is 0 Å². The van der Waals surface area contributed by atoms with Crippen LogP contribution in [-0.4, -0.2) is 25.8 Å². The van der Waals surface area contributed by atoms with Gasteiger partial charge in [-0.05, 0) is 18.2 Å². The standard InChI is InChI=1S/C12H9N5O2/c18-11-5-13-10(4-14-11)12(19)17-7-1-2-8-9(3-7)16-6-15-8/h1-6H,(H,14,18)(H,15,16)(H,17,19). The van der Waals surface area contributed by atoms with E-state index < -0.39 is 5.91 Å². The third-order valence-electron chi connectivity index (χ3n) is 2.58. The van der Waals surface area contributed by atoms with Crippen molar-refractivity contribution in [2.45, 2.75) is 0 Å². The molecule has 1 aromatic carbocycles. The Balaban J connectivity index is 1.85. The number of hydrogen-bond acceptors (Lipinski definition) is 4. The summed E-state index contributed by atoms with van der Waals surface area (Å²) in [6.45, 7) is 0. The van der Waals surface area contributed by atoms with Gasteiger partial charge in [0.2, 0.25) is 0 Å². The number of aromatic nitrogens is 4. The first-order valence-electron chi connectivity index (χ1n) is 5.51. The third kappa shape index (κ3) is 2.21. The summed E-state index contributed by atoms with van der Waals surface area (Å²) in [7, 11) is 0. The molecular formula is C12H9N5O2. The fourth-order valence-corrected chi connectivity index (χ4v) is 1.67. The fraction of sp³-hybridized carbons (Fsp3) is 0. The zero-order chi connectivity index (χ0) is 13.2. The minimum Gasteiger partial charge on any atom is -0.345 e. The molecule has 1 amide bonds. The summed E-state index contributed by atoms with van der Waals surface area (Å²) in [5, 5.41) is 2.69. The van der Waals surface area contributed by atoms with Gasteiger partial charge in [0.15, 0.2) is 0 Å². The molecule has 0 aliphatic heterocycles. The predicted octanol–water partition coefficient (Wildman–Crippen LogP) is 0.898. The zero-order valence-electron chi connectivity index (χ0n) is 9.68. The number of carbonyl (C=O) groups is 1. The van der Waals surface area contributed by atoms with Gasteiger partial charge in [0.05, 0.1) is 23.6 Å². The van der Waals surface area contributed by atoms with Crippen LogP contribution in [0.15, 0.2) is 41.7 Å². The minimum atomic E-state index is -0.393. The Hall–Kier alpha value is -2.96. The molecule has 0 unspecified atom stereocenters. The molecule has 0 fully saturated rings. The number of benzene rings is 1. The second-order valence-electron chi connectivity index (χ2n) is 3.88. The number of nitrogens with one attached hydrogen (secondary N) is 3. The second kappa shape index (κ2) is 4.37. The lowest BCUT2D eigenvalue weighted by Crippen LogP contribution is -2.16. The Bertz CT molecular complexity index is 784. The van der Waals surface area contributed by atoms with Crippen molar-refractivity contribution in [1.29, 1.82) is 0 Å². The Morgan fingerprint density at radius 2 is 2.11 bits per heavy atom. The van der Waals surface area contributed by atoms with Gasteiger partial charge in [0, 0.05) is 11.9 Å². The highest BCUT2D eigenvalue weighted by Crippen LogP contribution is 2.15. The van der Waals surface area contributed by atoms with Crippen molar-refractivity contribution in [2.24, 2.45) is 0 Å². The molecule has 3 aromatic rings. The van der Waals surface area contributed by atoms with Crippen LogP contribution in [0.5, 0.6) is 0 Å². The van der Waals surface area contributed by atoms with Crippen LogP contribution in [-0.2, 0) is 0 Å². The number of fused-ring (bicyclic) bond motifs is 1. The molecule has 0 bridgehead atoms. The fourth-order valence-electron chi connectivity index (χ4n) is 1.67. The van der Waals surface area contributed by atoms with E-state index in [9.17, 15) is 9.59 Å². The van der Waals surface area contributed by atoms with Gasteiger partial charge in [-0.3, -0.25) is 9.59 Å². The summed E-state index contributed by atoms with van der Waals surface area (Å²) in [5.74, 6) is -0.393. The van der Waals surface area contributed by atoms with E-state index in [1.807, 2.05) is 0 Å². The van der Waals surface area contributed by atoms with E-state index in [0.29, 0.717) is 5.69 Å². The van der Waals surface area contributed by atoms with Gasteiger partial charge >= 0.3 is 0 Å². The highest BCUT2D eigenvalue weighted by Gasteiger charge is 2.08. The molecule has 0 aliphatic rings. The van der Waals surface area contributed by atoms with Gasteiger partial charge < -0.3 is 15.3 Å². The highest BCUT2D eigenvalue weighted by atomic mass is 16.2. The van der Waals surface area contributed by atoms with Crippen LogP contribution in [0.2, 0.25) is 0 Å². The summed E-state index contributed by atoms with van der Waals surface area (Å²) in [5.41, 5.74) is 2.06. The van der Waals surface area contributed by atoms with Crippen LogP contribution in [0.4, 0.5) is 5.69 Å². The molecule has 7 heteroatoms. The Kier molecular flexibility index (Phi) is 2.57. The van der Waals surface area contributed by atoms with Gasteiger partial charge in [-0.25, -0.2) is 9.97 Å². The first-order chi connectivity index (χ1) is 9.22. The second-order valence-corrected chi connectivity index (χ2v) is 3.88. The molecule has 3 rings (SSSR count). The van der Waals surface area contributed by atoms with E-state index in [0.717, 1.165) is 17.2 Å². The van der Waals surface area contributed by atoms with Gasteiger partial charge in [-0.15, -0.1) is 0 Å². The van der Waals surface area contributed by atoms with Gasteiger partial charge in [0.1, 0.15) is 5.69 Å². The van der Waals surface area contributed by atoms with E-state index >= 15 is 0 Å². The molecule has 19 heavy (non-hydrogen) atoms. The van der Waals surface area contributed by atoms with Crippen molar-refractivity contribution in [2.75, 3.05) is 5.32 Å². The Labute approximate surface area is 106 Å². The molecule has 0 aliphatic carbocycles. The number of hydrogen-bond donors (Lipinski definition) is 3. The zero-order valence-corrected chi connectivity index (χ0v) is 9.68. The van der Waals surface area contributed by atoms with Crippen molar-refractivity contribution < 1.29 is 4.79 Å². The minimum absolute atomic E-state index is 0.143. The lowest BCUT2D eigenvalue weighted by molar-refractivity contribution is 0.102. The Morgan fingerprint density at radius 1 is 1.21 bits per heavy atom. The number of amides is 1. The van der Waals surface area contributed by atoms with E-state index in [4.69, 9.17) is 0 Å². The Morgan fingerprint density at radius 3 is 2.89 bits per heavy atom. The molecule has 2 heterocycles. The number of H-pyrrole nitrogens is 2. The molecule has 0 radical (unpaired) electrons. The highest BCUT2D eigenvalue weighted by molar-refractivity contribution is 6.03. The maximum absolute atomic E-state index is 11.9. The average Bonchev–Trinajstić information content (AvgIpc) is 2.87. The van der Waals surface area contributed by atoms with Crippen LogP contribution >= 0.6 is 0 Å². The van der Waals surface area contributed by atoms with Crippen molar-refractivity contribution in [1.82, 2.24) is 19.9 Å². The average molecular weight is 255 g/mol. The number of rotatable bonds is 2. The van der Waals surface area contributed by atoms with Crippen LogP contribution in [0.3, 0.4) is 0 Å². The quantitative estimate of drug-likeness (QED) is 0.632. The van der Waals surface area contributed by atoms with E-state index in [2.05, 4.69) is 25.3 Å². The van der Waals surface area contributed by atoms with Crippen LogP contribution in [0.1, 0.15) is 10.5 Å². The number of aromatic amines is 2. The summed E-state index contributed by atoms with van der Waals surface area (Å²) in [4.78, 5) is 35.9. The van der Waals surface area contributed by atoms with Crippen LogP contribution < -0.4 is 10.9 Å². The van der Waals surface area contributed by atoms with Crippen LogP contribution in [0.25, 0.3) is 11.0 Å². The van der Waals surface area contributed by atoms with E-state index in [1.54, 1.807) is 24.5 Å². The SMILES string of the molecule is O=C(Nc1ccc2nc[nH]c2c1)c1c[nH]c(=O)cn1. The lowest BCUT2D eigenvalue weighted by Gasteiger charge is -2.04. The van der Waals surface area contributed by atoms with Crippen molar-refractivity contribution >= 4 is 22.6 Å². The molecule has 0 atom stereocenters. The molecule has 0 saturated heterocycles. The van der Waals surface area contributed by atoms with Gasteiger partial charge in [-0.2, -0.15) is 0 Å². The maximum Gasteiger partial charge on any atom is 0.275 e. The van der Waals surface area contributed by atoms with E-state index in [-0.39, 0.29) is 11.3 Å². The molecule has 2 aromatic heterocycles. The number of imidazole rings is 1. The van der Waals surface area contributed by atoms with Crippen molar-refractivity contribution in [3.8, 4) is 0 Å². The first-order valence-corrected chi connectivity index (χ1v) is 5.51. The molecule has 3 N–H and O–H groups in total. The van der Waals surface area contributed by atoms with E-state index in [1.165, 1.54) is 6.20 Å². The molecule has 0 saturated carbocycles. The predicted molar refractivity (Wildman–Crippen MR) is 68.9 cm³/mol. The number of anilines is 1. The number of carbonyl (C=O) groups excluding carboxylic acids is 1. The van der Waals surface area contributed by atoms with Gasteiger partial charge in [-0.1, -0.05) is 0 Å². The third-order valence-corrected chi connectivity index (χ3v) is 2.58. The molecule has 7 nitrogen and oxygen atoms in total. The van der Waals surface area contributed by atoms with Crippen molar-refractivity contribution in [3.63, 3.8) is 0 Å². The molecule has 94 valence electrons. The monoisotopic (exact) mass is 255 g/mol. The summed E-state index contributed by atoms with van der Waals surface area (Å²) >= 11 is 0. The van der Waals surface area contributed by atoms with Crippen molar-refractivity contribution in [3.05, 3.63) is 53.0 Å². The maximum atomic E-state index is 11.9. The molecular weight excluding hydrogens is 246 g/mol. The summed E-state index contributed by atoms with van der Waals surface area (Å²) < 4.78 is 0. The first kappa shape index (κ1) is 11.1. The summed E-state index contributed by atoms with van der Waals surface area (Å²) in [6, 6.07) is 5.31. The topological polar surface area (TPSA) is 104 Å². The normalized spacial score (nSPS) is 10.5. The number of nitrogens with zero attached hydrogens (tertiary/aromatic N) is 2. The largest absolute Gasteiger partial charge is 0.345 e.